The van der Waals surface area contributed by atoms with Crippen LogP contribution in [-0.4, -0.2) is 18.1 Å². The van der Waals surface area contributed by atoms with Crippen molar-refractivity contribution in [2.45, 2.75) is 80.6 Å². The first-order chi connectivity index (χ1) is 13.0. The summed E-state index contributed by atoms with van der Waals surface area (Å²) in [7, 11) is 0. The van der Waals surface area contributed by atoms with Crippen LogP contribution in [0.3, 0.4) is 0 Å². The van der Waals surface area contributed by atoms with E-state index < -0.39 is 0 Å². The third kappa shape index (κ3) is 7.87. The molecule has 0 saturated heterocycles. The predicted octanol–water partition coefficient (Wildman–Crippen LogP) is 5.64. The summed E-state index contributed by atoms with van der Waals surface area (Å²) in [6.45, 7) is 21.9. The van der Waals surface area contributed by atoms with Crippen LogP contribution in [0.2, 0.25) is 0 Å². The fraction of sp³-hybridized carbons (Fsp3) is 0.583. The third-order valence-electron chi connectivity index (χ3n) is 4.49. The topological polar surface area (TPSA) is 55.4 Å². The van der Waals surface area contributed by atoms with Gasteiger partial charge in [0.05, 0.1) is 6.54 Å². The van der Waals surface area contributed by atoms with Crippen LogP contribution in [0.25, 0.3) is 0 Å². The fourth-order valence-electron chi connectivity index (χ4n) is 3.10. The van der Waals surface area contributed by atoms with E-state index in [9.17, 15) is 9.59 Å². The normalized spacial score (nSPS) is 10.8. The summed E-state index contributed by atoms with van der Waals surface area (Å²) < 4.78 is 5.96. The zero-order valence-corrected chi connectivity index (χ0v) is 19.3. The maximum absolute atomic E-state index is 12.3. The molecule has 0 atom stereocenters. The van der Waals surface area contributed by atoms with Crippen LogP contribution in [0, 0.1) is 19.8 Å². The minimum absolute atomic E-state index is 0.00101. The first-order valence-corrected chi connectivity index (χ1v) is 10.2. The Labute approximate surface area is 171 Å². The Morgan fingerprint density at radius 1 is 1.18 bits per heavy atom. The van der Waals surface area contributed by atoms with Crippen LogP contribution < -0.4 is 10.1 Å². The minimum Gasteiger partial charge on any atom is -0.442 e. The van der Waals surface area contributed by atoms with Crippen molar-refractivity contribution < 1.29 is 14.3 Å². The van der Waals surface area contributed by atoms with Crippen LogP contribution >= 0.6 is 0 Å². The van der Waals surface area contributed by atoms with Gasteiger partial charge in [-0.1, -0.05) is 54.5 Å². The zero-order chi connectivity index (χ0) is 22.1. The van der Waals surface area contributed by atoms with Gasteiger partial charge in [-0.3, -0.25) is 9.59 Å². The molecule has 0 unspecified atom stereocenters. The van der Waals surface area contributed by atoms with E-state index in [1.165, 1.54) is 0 Å². The zero-order valence-electron chi connectivity index (χ0n) is 19.3. The number of carbonyl (C=O) groups is 2. The van der Waals surface area contributed by atoms with Crippen molar-refractivity contribution in [3.05, 3.63) is 41.3 Å². The largest absolute Gasteiger partial charge is 0.442 e. The molecule has 0 aliphatic rings. The molecule has 28 heavy (non-hydrogen) atoms. The lowest BCUT2D eigenvalue weighted by molar-refractivity contribution is -0.123. The van der Waals surface area contributed by atoms with E-state index >= 15 is 0 Å². The number of rotatable bonds is 10. The molecule has 0 amide bonds. The maximum atomic E-state index is 12.3. The molecule has 0 bridgehead atoms. The molecule has 1 rings (SSSR count). The Balaban J connectivity index is 0.00000352. The fourth-order valence-corrected chi connectivity index (χ4v) is 3.10. The molecule has 0 aromatic heterocycles. The molecule has 1 aromatic rings. The number of ether oxygens (including phenoxy) is 1. The standard InChI is InChI=1S/C22H33NO3.C2H6/c1-9-18(24)13-23-17(6)26-20-11-15(4)10-16(5)21(20)22(7,8)12-19(25)14(2)3;1-2/h10-11,14,23H,6,9,12-13H2,1-5,7-8H3;1-2H3. The Hall–Kier alpha value is -2.10. The number of hydrogen-bond donors (Lipinski definition) is 1. The Bertz CT molecular complexity index is 687. The van der Waals surface area contributed by atoms with E-state index in [-0.39, 0.29) is 29.4 Å². The van der Waals surface area contributed by atoms with Crippen LogP contribution in [0.5, 0.6) is 5.75 Å². The molecule has 4 nitrogen and oxygen atoms in total. The highest BCUT2D eigenvalue weighted by Gasteiger charge is 2.30. The molecule has 1 N–H and O–H groups in total. The van der Waals surface area contributed by atoms with Crippen molar-refractivity contribution in [1.29, 1.82) is 0 Å². The summed E-state index contributed by atoms with van der Waals surface area (Å²) >= 11 is 0. The van der Waals surface area contributed by atoms with Crippen molar-refractivity contribution in [1.82, 2.24) is 5.32 Å². The second-order valence-corrected chi connectivity index (χ2v) is 7.91. The first kappa shape index (κ1) is 25.9. The van der Waals surface area contributed by atoms with Gasteiger partial charge in [0.15, 0.2) is 11.7 Å². The molecule has 0 radical (unpaired) electrons. The average molecular weight is 390 g/mol. The summed E-state index contributed by atoms with van der Waals surface area (Å²) in [4.78, 5) is 23.8. The number of aryl methyl sites for hydroxylation is 2. The summed E-state index contributed by atoms with van der Waals surface area (Å²) in [6, 6.07) is 4.05. The van der Waals surface area contributed by atoms with Gasteiger partial charge in [-0.15, -0.1) is 0 Å². The van der Waals surface area contributed by atoms with Crippen LogP contribution in [0.4, 0.5) is 0 Å². The van der Waals surface area contributed by atoms with E-state index in [2.05, 4.69) is 31.8 Å². The lowest BCUT2D eigenvalue weighted by atomic mass is 9.76. The number of benzene rings is 1. The highest BCUT2D eigenvalue weighted by atomic mass is 16.5. The molecular formula is C24H39NO3. The van der Waals surface area contributed by atoms with Gasteiger partial charge in [-0.25, -0.2) is 0 Å². The monoisotopic (exact) mass is 389 g/mol. The van der Waals surface area contributed by atoms with Crippen LogP contribution in [0.15, 0.2) is 24.6 Å². The Morgan fingerprint density at radius 3 is 2.25 bits per heavy atom. The molecule has 1 aromatic carbocycles. The van der Waals surface area contributed by atoms with Gasteiger partial charge in [0.1, 0.15) is 11.5 Å². The molecule has 0 saturated carbocycles. The SMILES string of the molecule is C=C(NCC(=O)CC)Oc1cc(C)cc(C)c1C(C)(C)CC(=O)C(C)C.CC. The maximum Gasteiger partial charge on any atom is 0.186 e. The van der Waals surface area contributed by atoms with E-state index in [0.29, 0.717) is 24.5 Å². The highest BCUT2D eigenvalue weighted by Crippen LogP contribution is 2.39. The Kier molecular flexibility index (Phi) is 10.8. The summed E-state index contributed by atoms with van der Waals surface area (Å²) in [5.74, 6) is 1.35. The van der Waals surface area contributed by atoms with Crippen LogP contribution in [-0.2, 0) is 15.0 Å². The molecule has 0 aliphatic heterocycles. The van der Waals surface area contributed by atoms with Gasteiger partial charge in [0.25, 0.3) is 0 Å². The predicted molar refractivity (Wildman–Crippen MR) is 118 cm³/mol. The van der Waals surface area contributed by atoms with Gasteiger partial charge in [0, 0.05) is 29.7 Å². The molecule has 0 aliphatic carbocycles. The van der Waals surface area contributed by atoms with Crippen molar-refractivity contribution in [3.63, 3.8) is 0 Å². The molecule has 0 heterocycles. The summed E-state index contributed by atoms with van der Waals surface area (Å²) in [5, 5.41) is 2.93. The van der Waals surface area contributed by atoms with E-state index in [4.69, 9.17) is 4.74 Å². The van der Waals surface area contributed by atoms with Crippen molar-refractivity contribution in [3.8, 4) is 5.75 Å². The molecule has 0 fully saturated rings. The highest BCUT2D eigenvalue weighted by molar-refractivity contribution is 5.82. The second kappa shape index (κ2) is 11.7. The minimum atomic E-state index is -0.367. The number of hydrogen-bond acceptors (Lipinski definition) is 4. The average Bonchev–Trinajstić information content (AvgIpc) is 2.59. The van der Waals surface area contributed by atoms with E-state index in [1.54, 1.807) is 0 Å². The molecule has 158 valence electrons. The quantitative estimate of drug-likeness (QED) is 0.526. The molecule has 0 spiro atoms. The number of carbonyl (C=O) groups excluding carboxylic acids is 2. The smallest absolute Gasteiger partial charge is 0.186 e. The van der Waals surface area contributed by atoms with Crippen molar-refractivity contribution in [2.24, 2.45) is 5.92 Å². The number of Topliss-reactive ketones (excluding diaryl/α,β-unsaturated/α-hetero) is 2. The third-order valence-corrected chi connectivity index (χ3v) is 4.49. The second-order valence-electron chi connectivity index (χ2n) is 7.91. The van der Waals surface area contributed by atoms with Gasteiger partial charge < -0.3 is 10.1 Å². The van der Waals surface area contributed by atoms with Gasteiger partial charge >= 0.3 is 0 Å². The number of nitrogens with one attached hydrogen (secondary N) is 1. The first-order valence-electron chi connectivity index (χ1n) is 10.2. The number of ketones is 2. The van der Waals surface area contributed by atoms with Crippen LogP contribution in [0.1, 0.15) is 78.0 Å². The van der Waals surface area contributed by atoms with Crippen molar-refractivity contribution >= 4 is 11.6 Å². The Morgan fingerprint density at radius 2 is 1.75 bits per heavy atom. The van der Waals surface area contributed by atoms with Gasteiger partial charge in [-0.2, -0.15) is 0 Å². The molecule has 4 heteroatoms. The summed E-state index contributed by atoms with van der Waals surface area (Å²) in [5.41, 5.74) is 2.79. The lowest BCUT2D eigenvalue weighted by Crippen LogP contribution is -2.28. The van der Waals surface area contributed by atoms with Gasteiger partial charge in [0.2, 0.25) is 0 Å². The summed E-state index contributed by atoms with van der Waals surface area (Å²) in [6.07, 6.45) is 0.915. The van der Waals surface area contributed by atoms with E-state index in [1.807, 2.05) is 54.5 Å². The van der Waals surface area contributed by atoms with Crippen molar-refractivity contribution in [2.75, 3.05) is 6.54 Å². The lowest BCUT2D eigenvalue weighted by Gasteiger charge is -2.30. The van der Waals surface area contributed by atoms with E-state index in [0.717, 1.165) is 16.7 Å². The van der Waals surface area contributed by atoms with Gasteiger partial charge in [-0.05, 0) is 37.6 Å². The molecular weight excluding hydrogens is 350 g/mol.